The van der Waals surface area contributed by atoms with Crippen LogP contribution in [0.5, 0.6) is 0 Å². The zero-order valence-corrected chi connectivity index (χ0v) is 12.7. The van der Waals surface area contributed by atoms with E-state index in [-0.39, 0.29) is 18.9 Å². The summed E-state index contributed by atoms with van der Waals surface area (Å²) in [5.74, 6) is -1.39. The number of nitrogens with zero attached hydrogens (tertiary/aromatic N) is 1. The summed E-state index contributed by atoms with van der Waals surface area (Å²) in [5, 5.41) is 12.6. The van der Waals surface area contributed by atoms with Crippen LogP contribution < -0.4 is 5.32 Å². The minimum absolute atomic E-state index is 0.0463. The molecule has 0 fully saturated rings. The van der Waals surface area contributed by atoms with Gasteiger partial charge in [0.2, 0.25) is 5.91 Å². The number of carbonyl (C=O) groups excluding carboxylic acids is 1. The Morgan fingerprint density at radius 2 is 2.09 bits per heavy atom. The molecule has 1 amide bonds. The molecular weight excluding hydrogens is 284 g/mol. The fraction of sp³-hybridized carbons (Fsp3) is 0.375. The first-order chi connectivity index (χ1) is 10.5. The van der Waals surface area contributed by atoms with E-state index >= 15 is 0 Å². The van der Waals surface area contributed by atoms with Crippen molar-refractivity contribution >= 4 is 22.8 Å². The monoisotopic (exact) mass is 304 g/mol. The molecule has 1 unspecified atom stereocenters. The Kier molecular flexibility index (Phi) is 5.16. The quantitative estimate of drug-likeness (QED) is 0.808. The van der Waals surface area contributed by atoms with Crippen molar-refractivity contribution in [2.45, 2.75) is 18.9 Å². The van der Waals surface area contributed by atoms with Crippen molar-refractivity contribution in [2.24, 2.45) is 7.05 Å². The van der Waals surface area contributed by atoms with Gasteiger partial charge in [-0.05, 0) is 18.1 Å². The number of ether oxygens (including phenoxy) is 1. The molecule has 2 rings (SSSR count). The van der Waals surface area contributed by atoms with Crippen LogP contribution in [0.15, 0.2) is 30.5 Å². The summed E-state index contributed by atoms with van der Waals surface area (Å²) in [4.78, 5) is 22.9. The number of hydrogen-bond donors (Lipinski definition) is 2. The van der Waals surface area contributed by atoms with Gasteiger partial charge in [-0.3, -0.25) is 4.79 Å². The first kappa shape index (κ1) is 16.0. The van der Waals surface area contributed by atoms with Crippen molar-refractivity contribution in [1.82, 2.24) is 9.88 Å². The van der Waals surface area contributed by atoms with Gasteiger partial charge in [0.05, 0.1) is 6.61 Å². The third-order valence-electron chi connectivity index (χ3n) is 3.57. The first-order valence-electron chi connectivity index (χ1n) is 7.07. The molecule has 0 aliphatic carbocycles. The van der Waals surface area contributed by atoms with E-state index < -0.39 is 12.0 Å². The molecule has 22 heavy (non-hydrogen) atoms. The van der Waals surface area contributed by atoms with Gasteiger partial charge in [0, 0.05) is 37.7 Å². The average molecular weight is 304 g/mol. The Morgan fingerprint density at radius 3 is 2.77 bits per heavy atom. The van der Waals surface area contributed by atoms with Gasteiger partial charge in [-0.2, -0.15) is 0 Å². The summed E-state index contributed by atoms with van der Waals surface area (Å²) in [6.07, 6.45) is 2.80. The first-order valence-corrected chi connectivity index (χ1v) is 7.07. The number of carbonyl (C=O) groups is 2. The van der Waals surface area contributed by atoms with E-state index in [9.17, 15) is 9.59 Å². The maximum Gasteiger partial charge on any atom is 0.328 e. The highest BCUT2D eigenvalue weighted by Gasteiger charge is 2.19. The fourth-order valence-corrected chi connectivity index (χ4v) is 2.48. The number of fused-ring (bicyclic) bond motifs is 1. The lowest BCUT2D eigenvalue weighted by molar-refractivity contribution is -0.143. The molecule has 1 aromatic heterocycles. The molecule has 1 atom stereocenters. The second-order valence-electron chi connectivity index (χ2n) is 5.20. The standard InChI is InChI=1S/C16H20N2O4/c1-18-9-11(12-5-3-4-6-14(12)18)7-8-15(19)17-13(10-22-2)16(20)21/h3-6,9,13H,7-8,10H2,1-2H3,(H,17,19)(H,20,21). The van der Waals surface area contributed by atoms with Crippen molar-refractivity contribution in [3.05, 3.63) is 36.0 Å². The number of nitrogens with one attached hydrogen (secondary N) is 1. The van der Waals surface area contributed by atoms with Crippen molar-refractivity contribution in [3.8, 4) is 0 Å². The number of rotatable bonds is 7. The van der Waals surface area contributed by atoms with Gasteiger partial charge < -0.3 is 19.7 Å². The van der Waals surface area contributed by atoms with Gasteiger partial charge in [0.25, 0.3) is 0 Å². The Bertz CT molecular complexity index is 678. The summed E-state index contributed by atoms with van der Waals surface area (Å²) in [5.41, 5.74) is 2.19. The fourth-order valence-electron chi connectivity index (χ4n) is 2.48. The van der Waals surface area contributed by atoms with E-state index in [0.717, 1.165) is 16.5 Å². The zero-order valence-electron chi connectivity index (χ0n) is 12.7. The lowest BCUT2D eigenvalue weighted by Crippen LogP contribution is -2.43. The highest BCUT2D eigenvalue weighted by molar-refractivity contribution is 5.86. The van der Waals surface area contributed by atoms with Gasteiger partial charge in [-0.25, -0.2) is 4.79 Å². The van der Waals surface area contributed by atoms with E-state index in [4.69, 9.17) is 9.84 Å². The van der Waals surface area contributed by atoms with Crippen molar-refractivity contribution in [1.29, 1.82) is 0 Å². The van der Waals surface area contributed by atoms with E-state index in [1.54, 1.807) is 0 Å². The van der Waals surface area contributed by atoms with Crippen LogP contribution in [0.4, 0.5) is 0 Å². The van der Waals surface area contributed by atoms with Crippen LogP contribution in [0.1, 0.15) is 12.0 Å². The number of aryl methyl sites for hydroxylation is 2. The predicted molar refractivity (Wildman–Crippen MR) is 82.7 cm³/mol. The second kappa shape index (κ2) is 7.09. The lowest BCUT2D eigenvalue weighted by Gasteiger charge is -2.13. The lowest BCUT2D eigenvalue weighted by atomic mass is 10.1. The predicted octanol–water partition coefficient (Wildman–Crippen LogP) is 1.33. The summed E-state index contributed by atoms with van der Waals surface area (Å²) >= 11 is 0. The molecule has 0 saturated carbocycles. The highest BCUT2D eigenvalue weighted by Crippen LogP contribution is 2.21. The number of aliphatic carboxylic acids is 1. The topological polar surface area (TPSA) is 80.6 Å². The SMILES string of the molecule is COCC(NC(=O)CCc1cn(C)c2ccccc12)C(=O)O. The number of amides is 1. The zero-order chi connectivity index (χ0) is 16.1. The van der Waals surface area contributed by atoms with E-state index in [1.165, 1.54) is 7.11 Å². The Balaban J connectivity index is 1.99. The minimum Gasteiger partial charge on any atom is -0.480 e. The van der Waals surface area contributed by atoms with Crippen LogP contribution in [-0.2, 0) is 27.8 Å². The molecule has 2 aromatic rings. The maximum absolute atomic E-state index is 11.9. The molecule has 0 bridgehead atoms. The number of benzene rings is 1. The number of hydrogen-bond acceptors (Lipinski definition) is 3. The number of para-hydroxylation sites is 1. The molecule has 6 heteroatoms. The average Bonchev–Trinajstić information content (AvgIpc) is 2.82. The van der Waals surface area contributed by atoms with E-state index in [0.29, 0.717) is 6.42 Å². The van der Waals surface area contributed by atoms with Crippen LogP contribution in [0.2, 0.25) is 0 Å². The van der Waals surface area contributed by atoms with E-state index in [1.807, 2.05) is 42.1 Å². The van der Waals surface area contributed by atoms with Crippen molar-refractivity contribution in [3.63, 3.8) is 0 Å². The smallest absolute Gasteiger partial charge is 0.328 e. The Morgan fingerprint density at radius 1 is 1.36 bits per heavy atom. The third kappa shape index (κ3) is 3.65. The van der Waals surface area contributed by atoms with Crippen molar-refractivity contribution in [2.75, 3.05) is 13.7 Å². The molecule has 0 aliphatic rings. The van der Waals surface area contributed by atoms with Gasteiger partial charge in [-0.1, -0.05) is 18.2 Å². The van der Waals surface area contributed by atoms with Gasteiger partial charge >= 0.3 is 5.97 Å². The van der Waals surface area contributed by atoms with Crippen LogP contribution in [0, 0.1) is 0 Å². The minimum atomic E-state index is -1.10. The molecule has 2 N–H and O–H groups in total. The van der Waals surface area contributed by atoms with Crippen LogP contribution in [0.3, 0.4) is 0 Å². The third-order valence-corrected chi connectivity index (χ3v) is 3.57. The van der Waals surface area contributed by atoms with Gasteiger partial charge in [0.15, 0.2) is 6.04 Å². The van der Waals surface area contributed by atoms with E-state index in [2.05, 4.69) is 5.32 Å². The molecular formula is C16H20N2O4. The number of methoxy groups -OCH3 is 1. The molecule has 6 nitrogen and oxygen atoms in total. The largest absolute Gasteiger partial charge is 0.480 e. The van der Waals surface area contributed by atoms with Crippen LogP contribution >= 0.6 is 0 Å². The molecule has 1 heterocycles. The Labute approximate surface area is 128 Å². The summed E-state index contributed by atoms with van der Waals surface area (Å²) in [7, 11) is 3.36. The molecule has 0 saturated heterocycles. The highest BCUT2D eigenvalue weighted by atomic mass is 16.5. The molecule has 118 valence electrons. The Hall–Kier alpha value is -2.34. The van der Waals surface area contributed by atoms with Crippen molar-refractivity contribution < 1.29 is 19.4 Å². The summed E-state index contributed by atoms with van der Waals surface area (Å²) < 4.78 is 6.81. The maximum atomic E-state index is 11.9. The van der Waals surface area contributed by atoms with Gasteiger partial charge in [-0.15, -0.1) is 0 Å². The molecule has 0 aliphatic heterocycles. The number of aromatic nitrogens is 1. The molecule has 0 radical (unpaired) electrons. The van der Waals surface area contributed by atoms with Crippen LogP contribution in [0.25, 0.3) is 10.9 Å². The summed E-state index contributed by atoms with van der Waals surface area (Å²) in [6.45, 7) is -0.0463. The summed E-state index contributed by atoms with van der Waals surface area (Å²) in [6, 6.07) is 6.97. The molecule has 0 spiro atoms. The normalized spacial score (nSPS) is 12.3. The molecule has 1 aromatic carbocycles. The van der Waals surface area contributed by atoms with Gasteiger partial charge in [0.1, 0.15) is 0 Å². The number of carboxylic acid groups (broad SMARTS) is 1. The number of carboxylic acids is 1. The van der Waals surface area contributed by atoms with Crippen LogP contribution in [-0.4, -0.2) is 41.3 Å². The second-order valence-corrected chi connectivity index (χ2v) is 5.20.